The number of rotatable bonds is 9. The minimum atomic E-state index is -0.165. The first-order chi connectivity index (χ1) is 12.5. The Kier molecular flexibility index (Phi) is 7.97. The van der Waals surface area contributed by atoms with E-state index >= 15 is 0 Å². The lowest BCUT2D eigenvalue weighted by atomic mass is 10.0. The number of nitrogens with zero attached hydrogens (tertiary/aromatic N) is 2. The lowest BCUT2D eigenvalue weighted by molar-refractivity contribution is 0.0965. The summed E-state index contributed by atoms with van der Waals surface area (Å²) in [5.41, 5.74) is 2.67. The van der Waals surface area contributed by atoms with Crippen LogP contribution in [0.2, 0.25) is 0 Å². The van der Waals surface area contributed by atoms with Crippen LogP contribution in [-0.4, -0.2) is 27.1 Å². The molecule has 0 radical (unpaired) electrons. The van der Waals surface area contributed by atoms with E-state index in [9.17, 15) is 9.59 Å². The smallest absolute Gasteiger partial charge is 0.282 e. The van der Waals surface area contributed by atoms with E-state index < -0.39 is 0 Å². The van der Waals surface area contributed by atoms with Gasteiger partial charge in [-0.25, -0.2) is 4.68 Å². The van der Waals surface area contributed by atoms with Crippen molar-refractivity contribution in [2.45, 2.75) is 56.9 Å². The predicted molar refractivity (Wildman–Crippen MR) is 111 cm³/mol. The second-order valence-electron chi connectivity index (χ2n) is 6.22. The molecule has 26 heavy (non-hydrogen) atoms. The molecule has 0 fully saturated rings. The van der Waals surface area contributed by atoms with Crippen molar-refractivity contribution in [1.29, 1.82) is 0 Å². The summed E-state index contributed by atoms with van der Waals surface area (Å²) in [6.45, 7) is 8.17. The molecule has 2 aromatic rings. The van der Waals surface area contributed by atoms with Crippen molar-refractivity contribution in [3.05, 3.63) is 51.4 Å². The Morgan fingerprint density at radius 1 is 1.08 bits per heavy atom. The van der Waals surface area contributed by atoms with Crippen molar-refractivity contribution in [1.82, 2.24) is 9.78 Å². The number of aryl methyl sites for hydroxylation is 2. The van der Waals surface area contributed by atoms with Gasteiger partial charge in [0.15, 0.2) is 5.78 Å². The molecule has 0 aliphatic rings. The minimum absolute atomic E-state index is 0.0280. The fraction of sp³-hybridized carbons (Fsp3) is 0.450. The first-order valence-electron chi connectivity index (χ1n) is 8.94. The molecule has 0 unspecified atom stereocenters. The van der Waals surface area contributed by atoms with Crippen molar-refractivity contribution >= 4 is 29.3 Å². The van der Waals surface area contributed by atoms with Crippen molar-refractivity contribution in [2.24, 2.45) is 0 Å². The highest BCUT2D eigenvalue weighted by molar-refractivity contribution is 8.02. The zero-order valence-electron chi connectivity index (χ0n) is 15.9. The Morgan fingerprint density at radius 3 is 2.42 bits per heavy atom. The SMILES string of the molecule is CCCSc1cnn(CC(=O)c2ccc(C)c(C)c2)c(=O)c1SCCC. The minimum Gasteiger partial charge on any atom is -0.292 e. The van der Waals surface area contributed by atoms with E-state index in [0.717, 1.165) is 40.4 Å². The molecule has 0 spiro atoms. The first kappa shape index (κ1) is 20.8. The van der Waals surface area contributed by atoms with Crippen LogP contribution in [0.1, 0.15) is 48.2 Å². The maximum atomic E-state index is 12.9. The van der Waals surface area contributed by atoms with Gasteiger partial charge in [-0.3, -0.25) is 9.59 Å². The third-order valence-corrected chi connectivity index (χ3v) is 6.66. The van der Waals surface area contributed by atoms with Gasteiger partial charge in [-0.1, -0.05) is 26.0 Å². The molecule has 0 bridgehead atoms. The number of ketones is 1. The van der Waals surface area contributed by atoms with Gasteiger partial charge in [0.1, 0.15) is 6.54 Å². The fourth-order valence-electron chi connectivity index (χ4n) is 2.36. The van der Waals surface area contributed by atoms with Crippen molar-refractivity contribution in [3.8, 4) is 0 Å². The van der Waals surface area contributed by atoms with Crippen LogP contribution in [0.4, 0.5) is 0 Å². The summed E-state index contributed by atoms with van der Waals surface area (Å²) in [5.74, 6) is 1.74. The molecule has 6 heteroatoms. The molecule has 0 saturated carbocycles. The largest absolute Gasteiger partial charge is 0.292 e. The number of Topliss-reactive ketones (excluding diaryl/α,β-unsaturated/α-hetero) is 1. The Morgan fingerprint density at radius 2 is 1.77 bits per heavy atom. The van der Waals surface area contributed by atoms with Crippen LogP contribution in [0.25, 0.3) is 0 Å². The zero-order chi connectivity index (χ0) is 19.1. The molecule has 2 rings (SSSR count). The van der Waals surface area contributed by atoms with Gasteiger partial charge in [-0.15, -0.1) is 23.5 Å². The van der Waals surface area contributed by atoms with Gasteiger partial charge in [-0.2, -0.15) is 5.10 Å². The highest BCUT2D eigenvalue weighted by Crippen LogP contribution is 2.28. The molecule has 1 aromatic heterocycles. The number of carbonyl (C=O) groups excluding carboxylic acids is 1. The monoisotopic (exact) mass is 390 g/mol. The van der Waals surface area contributed by atoms with Gasteiger partial charge in [0.2, 0.25) is 0 Å². The Balaban J connectivity index is 2.29. The van der Waals surface area contributed by atoms with Crippen LogP contribution in [0, 0.1) is 13.8 Å². The van der Waals surface area contributed by atoms with E-state index in [1.807, 2.05) is 32.0 Å². The molecule has 1 heterocycles. The molecule has 1 aromatic carbocycles. The molecular formula is C20H26N2O2S2. The van der Waals surface area contributed by atoms with Crippen molar-refractivity contribution in [2.75, 3.05) is 11.5 Å². The number of hydrogen-bond acceptors (Lipinski definition) is 5. The van der Waals surface area contributed by atoms with E-state index in [4.69, 9.17) is 0 Å². The number of benzene rings is 1. The van der Waals surface area contributed by atoms with Crippen LogP contribution in [-0.2, 0) is 6.54 Å². The topological polar surface area (TPSA) is 52.0 Å². The van der Waals surface area contributed by atoms with Gasteiger partial charge in [-0.05, 0) is 55.4 Å². The molecule has 4 nitrogen and oxygen atoms in total. The van der Waals surface area contributed by atoms with Gasteiger partial charge in [0.25, 0.3) is 5.56 Å². The van der Waals surface area contributed by atoms with Gasteiger partial charge < -0.3 is 0 Å². The summed E-state index contributed by atoms with van der Waals surface area (Å²) in [6, 6.07) is 5.63. The van der Waals surface area contributed by atoms with Crippen LogP contribution in [0.15, 0.2) is 39.0 Å². The maximum Gasteiger partial charge on any atom is 0.282 e. The number of hydrogen-bond donors (Lipinski definition) is 0. The molecule has 0 saturated heterocycles. The summed E-state index contributed by atoms with van der Waals surface area (Å²) in [4.78, 5) is 27.1. The Labute approximate surface area is 163 Å². The van der Waals surface area contributed by atoms with E-state index in [2.05, 4.69) is 18.9 Å². The molecule has 140 valence electrons. The van der Waals surface area contributed by atoms with Gasteiger partial charge in [0.05, 0.1) is 11.1 Å². The van der Waals surface area contributed by atoms with Crippen LogP contribution >= 0.6 is 23.5 Å². The lowest BCUT2D eigenvalue weighted by Crippen LogP contribution is -2.28. The van der Waals surface area contributed by atoms with Crippen LogP contribution in [0.3, 0.4) is 0 Å². The summed E-state index contributed by atoms with van der Waals surface area (Å²) in [6.07, 6.45) is 3.76. The quantitative estimate of drug-likeness (QED) is 0.457. The molecule has 0 aliphatic heterocycles. The molecule has 0 amide bonds. The van der Waals surface area contributed by atoms with Gasteiger partial charge in [0, 0.05) is 10.5 Å². The molecule has 0 aliphatic carbocycles. The van der Waals surface area contributed by atoms with E-state index in [1.54, 1.807) is 29.7 Å². The second kappa shape index (κ2) is 9.97. The highest BCUT2D eigenvalue weighted by atomic mass is 32.2. The number of thioether (sulfide) groups is 2. The molecule has 0 N–H and O–H groups in total. The normalized spacial score (nSPS) is 10.9. The second-order valence-corrected chi connectivity index (χ2v) is 8.46. The zero-order valence-corrected chi connectivity index (χ0v) is 17.5. The summed E-state index contributed by atoms with van der Waals surface area (Å²) in [7, 11) is 0. The lowest BCUT2D eigenvalue weighted by Gasteiger charge is -2.11. The maximum absolute atomic E-state index is 12.9. The van der Waals surface area contributed by atoms with E-state index in [1.165, 1.54) is 4.68 Å². The third-order valence-electron chi connectivity index (χ3n) is 4.00. The number of aromatic nitrogens is 2. The average Bonchev–Trinajstić information content (AvgIpc) is 2.63. The predicted octanol–water partition coefficient (Wildman–Crippen LogP) is 4.75. The number of carbonyl (C=O) groups is 1. The third kappa shape index (κ3) is 5.24. The highest BCUT2D eigenvalue weighted by Gasteiger charge is 2.15. The van der Waals surface area contributed by atoms with Crippen LogP contribution < -0.4 is 5.56 Å². The van der Waals surface area contributed by atoms with E-state index in [0.29, 0.717) is 10.5 Å². The van der Waals surface area contributed by atoms with E-state index in [-0.39, 0.29) is 17.9 Å². The average molecular weight is 391 g/mol. The first-order valence-corrected chi connectivity index (χ1v) is 10.9. The molecular weight excluding hydrogens is 364 g/mol. The molecule has 0 atom stereocenters. The fourth-order valence-corrected chi connectivity index (χ4v) is 4.31. The Hall–Kier alpha value is -1.53. The summed E-state index contributed by atoms with van der Waals surface area (Å²) >= 11 is 3.22. The summed E-state index contributed by atoms with van der Waals surface area (Å²) < 4.78 is 1.30. The Bertz CT molecular complexity index is 831. The van der Waals surface area contributed by atoms with Gasteiger partial charge >= 0.3 is 0 Å². The summed E-state index contributed by atoms with van der Waals surface area (Å²) in [5, 5.41) is 4.25. The van der Waals surface area contributed by atoms with Crippen molar-refractivity contribution < 1.29 is 4.79 Å². The van der Waals surface area contributed by atoms with Crippen molar-refractivity contribution in [3.63, 3.8) is 0 Å². The standard InChI is InChI=1S/C20H26N2O2S2/c1-5-9-25-18-12-21-22(20(24)19(18)26-10-6-2)13-17(23)16-8-7-14(3)15(4)11-16/h7-8,11-12H,5-6,9-10,13H2,1-4H3. The van der Waals surface area contributed by atoms with Crippen LogP contribution in [0.5, 0.6) is 0 Å².